The number of nitrogens with zero attached hydrogens (tertiary/aromatic N) is 1. The molecule has 0 bridgehead atoms. The molecule has 15 heavy (non-hydrogen) atoms. The number of rotatable bonds is 3. The van der Waals surface area contributed by atoms with Crippen LogP contribution in [0.4, 0.5) is 5.69 Å². The van der Waals surface area contributed by atoms with Gasteiger partial charge in [0.05, 0.1) is 19.3 Å². The molecule has 1 atom stereocenters. The Labute approximate surface area is 90.6 Å². The molecule has 1 heterocycles. The summed E-state index contributed by atoms with van der Waals surface area (Å²) in [4.78, 5) is 2.34. The number of anilines is 1. The number of para-hydroxylation sites is 1. The quantitative estimate of drug-likeness (QED) is 0.750. The smallest absolute Gasteiger partial charge is 0.0983 e. The molecule has 3 heteroatoms. The van der Waals surface area contributed by atoms with Crippen LogP contribution in [0.2, 0.25) is 0 Å². The average molecular weight is 207 g/mol. The first-order valence-corrected chi connectivity index (χ1v) is 5.30. The summed E-state index contributed by atoms with van der Waals surface area (Å²) in [5, 5.41) is 0. The lowest BCUT2D eigenvalue weighted by molar-refractivity contribution is -0.0100. The molecule has 0 N–H and O–H groups in total. The van der Waals surface area contributed by atoms with Crippen LogP contribution in [0.25, 0.3) is 0 Å². The van der Waals surface area contributed by atoms with Crippen LogP contribution in [0.15, 0.2) is 30.3 Å². The summed E-state index contributed by atoms with van der Waals surface area (Å²) in [7, 11) is 1.71. The van der Waals surface area contributed by atoms with Crippen LogP contribution in [-0.4, -0.2) is 39.5 Å². The number of benzene rings is 1. The van der Waals surface area contributed by atoms with Crippen molar-refractivity contribution < 1.29 is 9.47 Å². The summed E-state index contributed by atoms with van der Waals surface area (Å²) < 4.78 is 10.7. The number of ether oxygens (including phenoxy) is 2. The normalized spacial score (nSPS) is 21.7. The van der Waals surface area contributed by atoms with Crippen molar-refractivity contribution >= 4 is 5.69 Å². The first kappa shape index (κ1) is 10.5. The van der Waals surface area contributed by atoms with Gasteiger partial charge in [0.1, 0.15) is 0 Å². The fourth-order valence-electron chi connectivity index (χ4n) is 1.88. The summed E-state index contributed by atoms with van der Waals surface area (Å²) >= 11 is 0. The lowest BCUT2D eigenvalue weighted by atomic mass is 10.2. The summed E-state index contributed by atoms with van der Waals surface area (Å²) in [5.41, 5.74) is 1.27. The van der Waals surface area contributed by atoms with Crippen LogP contribution in [-0.2, 0) is 9.47 Å². The molecule has 0 radical (unpaired) electrons. The average Bonchev–Trinajstić information content (AvgIpc) is 2.31. The van der Waals surface area contributed by atoms with Crippen LogP contribution in [0, 0.1) is 0 Å². The summed E-state index contributed by atoms with van der Waals surface area (Å²) in [6.45, 7) is 3.33. The third-order valence-corrected chi connectivity index (χ3v) is 2.61. The van der Waals surface area contributed by atoms with Gasteiger partial charge in [0, 0.05) is 25.9 Å². The first-order chi connectivity index (χ1) is 7.40. The van der Waals surface area contributed by atoms with E-state index in [1.807, 2.05) is 6.07 Å². The van der Waals surface area contributed by atoms with Crippen molar-refractivity contribution in [2.75, 3.05) is 38.3 Å². The minimum absolute atomic E-state index is 0.198. The molecule has 0 saturated carbocycles. The highest BCUT2D eigenvalue weighted by Crippen LogP contribution is 2.16. The molecule has 1 fully saturated rings. The van der Waals surface area contributed by atoms with Gasteiger partial charge in [-0.25, -0.2) is 0 Å². The van der Waals surface area contributed by atoms with E-state index in [1.54, 1.807) is 7.11 Å². The molecule has 1 unspecified atom stereocenters. The Hall–Kier alpha value is -1.06. The molecule has 0 amide bonds. The van der Waals surface area contributed by atoms with Gasteiger partial charge >= 0.3 is 0 Å². The van der Waals surface area contributed by atoms with Gasteiger partial charge in [-0.15, -0.1) is 0 Å². The molecule has 1 saturated heterocycles. The van der Waals surface area contributed by atoms with Gasteiger partial charge in [0.25, 0.3) is 0 Å². The largest absolute Gasteiger partial charge is 0.382 e. The van der Waals surface area contributed by atoms with E-state index in [2.05, 4.69) is 29.2 Å². The fraction of sp³-hybridized carbons (Fsp3) is 0.500. The Morgan fingerprint density at radius 3 is 2.93 bits per heavy atom. The fourth-order valence-corrected chi connectivity index (χ4v) is 1.88. The number of methoxy groups -OCH3 is 1. The summed E-state index contributed by atoms with van der Waals surface area (Å²) in [5.74, 6) is 0. The monoisotopic (exact) mass is 207 g/mol. The van der Waals surface area contributed by atoms with Crippen molar-refractivity contribution in [3.63, 3.8) is 0 Å². The Morgan fingerprint density at radius 2 is 2.20 bits per heavy atom. The van der Waals surface area contributed by atoms with Gasteiger partial charge < -0.3 is 14.4 Å². The third kappa shape index (κ3) is 2.70. The molecule has 0 aromatic heterocycles. The maximum Gasteiger partial charge on any atom is 0.0983 e. The van der Waals surface area contributed by atoms with E-state index in [0.29, 0.717) is 6.61 Å². The summed E-state index contributed by atoms with van der Waals surface area (Å²) in [6.07, 6.45) is 0.198. The SMILES string of the molecule is COCC1CN(c2ccccc2)CCO1. The van der Waals surface area contributed by atoms with Crippen molar-refractivity contribution in [2.24, 2.45) is 0 Å². The number of hydrogen-bond donors (Lipinski definition) is 0. The zero-order valence-corrected chi connectivity index (χ0v) is 9.06. The predicted molar refractivity (Wildman–Crippen MR) is 60.3 cm³/mol. The minimum Gasteiger partial charge on any atom is -0.382 e. The second-order valence-corrected chi connectivity index (χ2v) is 3.73. The van der Waals surface area contributed by atoms with E-state index >= 15 is 0 Å². The highest BCUT2D eigenvalue weighted by atomic mass is 16.5. The lowest BCUT2D eigenvalue weighted by Crippen LogP contribution is -2.44. The molecule has 1 aliphatic heterocycles. The molecule has 3 nitrogen and oxygen atoms in total. The molecule has 1 aliphatic rings. The second-order valence-electron chi connectivity index (χ2n) is 3.73. The predicted octanol–water partition coefficient (Wildman–Crippen LogP) is 1.54. The third-order valence-electron chi connectivity index (χ3n) is 2.61. The molecule has 0 spiro atoms. The molecule has 1 aromatic carbocycles. The second kappa shape index (κ2) is 5.14. The van der Waals surface area contributed by atoms with Crippen molar-refractivity contribution in [1.29, 1.82) is 0 Å². The highest BCUT2D eigenvalue weighted by molar-refractivity contribution is 5.46. The number of hydrogen-bond acceptors (Lipinski definition) is 3. The van der Waals surface area contributed by atoms with Crippen LogP contribution in [0.5, 0.6) is 0 Å². The van der Waals surface area contributed by atoms with Crippen LogP contribution in [0.3, 0.4) is 0 Å². The molecule has 82 valence electrons. The van der Waals surface area contributed by atoms with E-state index < -0.39 is 0 Å². The Morgan fingerprint density at radius 1 is 1.40 bits per heavy atom. The van der Waals surface area contributed by atoms with E-state index in [0.717, 1.165) is 19.7 Å². The topological polar surface area (TPSA) is 21.7 Å². The van der Waals surface area contributed by atoms with Crippen molar-refractivity contribution in [3.05, 3.63) is 30.3 Å². The Kier molecular flexibility index (Phi) is 3.59. The first-order valence-electron chi connectivity index (χ1n) is 5.30. The van der Waals surface area contributed by atoms with Crippen LogP contribution in [0.1, 0.15) is 0 Å². The zero-order valence-electron chi connectivity index (χ0n) is 9.06. The maximum atomic E-state index is 5.60. The highest BCUT2D eigenvalue weighted by Gasteiger charge is 2.20. The zero-order chi connectivity index (χ0) is 10.5. The van der Waals surface area contributed by atoms with Crippen LogP contribution >= 0.6 is 0 Å². The van der Waals surface area contributed by atoms with Gasteiger partial charge in [-0.2, -0.15) is 0 Å². The maximum absolute atomic E-state index is 5.60. The Balaban J connectivity index is 1.98. The van der Waals surface area contributed by atoms with E-state index in [1.165, 1.54) is 5.69 Å². The van der Waals surface area contributed by atoms with Gasteiger partial charge in [-0.1, -0.05) is 18.2 Å². The van der Waals surface area contributed by atoms with Gasteiger partial charge in [0.15, 0.2) is 0 Å². The Bertz CT molecular complexity index is 287. The van der Waals surface area contributed by atoms with E-state index in [-0.39, 0.29) is 6.10 Å². The van der Waals surface area contributed by atoms with E-state index in [9.17, 15) is 0 Å². The number of morpholine rings is 1. The van der Waals surface area contributed by atoms with Crippen molar-refractivity contribution in [2.45, 2.75) is 6.10 Å². The molecule has 0 aliphatic carbocycles. The lowest BCUT2D eigenvalue weighted by Gasteiger charge is -2.34. The standard InChI is InChI=1S/C12H17NO2/c1-14-10-12-9-13(7-8-15-12)11-5-3-2-4-6-11/h2-6,12H,7-10H2,1H3. The van der Waals surface area contributed by atoms with Crippen molar-refractivity contribution in [1.82, 2.24) is 0 Å². The molecule has 1 aromatic rings. The molecular formula is C12H17NO2. The van der Waals surface area contributed by atoms with Gasteiger partial charge in [-0.05, 0) is 12.1 Å². The van der Waals surface area contributed by atoms with Crippen LogP contribution < -0.4 is 4.90 Å². The van der Waals surface area contributed by atoms with E-state index in [4.69, 9.17) is 9.47 Å². The molecular weight excluding hydrogens is 190 g/mol. The van der Waals surface area contributed by atoms with Gasteiger partial charge in [0.2, 0.25) is 0 Å². The van der Waals surface area contributed by atoms with Crippen molar-refractivity contribution in [3.8, 4) is 0 Å². The molecule has 2 rings (SSSR count). The summed E-state index contributed by atoms with van der Waals surface area (Å²) in [6, 6.07) is 10.4. The minimum atomic E-state index is 0.198. The van der Waals surface area contributed by atoms with Gasteiger partial charge in [-0.3, -0.25) is 0 Å².